The molecule has 0 atom stereocenters. The van der Waals surface area contributed by atoms with Gasteiger partial charge in [-0.3, -0.25) is 0 Å². The topological polar surface area (TPSA) is 9.23 Å². The zero-order valence-electron chi connectivity index (χ0n) is 10.3. The van der Waals surface area contributed by atoms with Crippen LogP contribution in [0.15, 0.2) is 54.6 Å². The molecule has 0 bridgehead atoms. The summed E-state index contributed by atoms with van der Waals surface area (Å²) in [6.07, 6.45) is 2.25. The van der Waals surface area contributed by atoms with Crippen LogP contribution in [0.4, 0.5) is 0 Å². The fourth-order valence-electron chi connectivity index (χ4n) is 1.80. The molecule has 0 heterocycles. The standard InChI is InChI=1S/C16H17BrO/c17-11-5-9-14-8-4-10-16(12-14)18-13-15-6-2-1-3-7-15/h1-4,6-8,10,12H,5,9,11,13H2. The van der Waals surface area contributed by atoms with Gasteiger partial charge in [0.05, 0.1) is 0 Å². The Balaban J connectivity index is 1.93. The number of aryl methyl sites for hydroxylation is 1. The highest BCUT2D eigenvalue weighted by Gasteiger charge is 1.98. The van der Waals surface area contributed by atoms with Crippen LogP contribution in [0.3, 0.4) is 0 Å². The lowest BCUT2D eigenvalue weighted by Gasteiger charge is -2.08. The second kappa shape index (κ2) is 7.22. The lowest BCUT2D eigenvalue weighted by molar-refractivity contribution is 0.306. The van der Waals surface area contributed by atoms with Crippen molar-refractivity contribution >= 4 is 15.9 Å². The van der Waals surface area contributed by atoms with E-state index in [1.54, 1.807) is 0 Å². The zero-order chi connectivity index (χ0) is 12.6. The van der Waals surface area contributed by atoms with Gasteiger partial charge in [-0.05, 0) is 36.1 Å². The van der Waals surface area contributed by atoms with Crippen LogP contribution >= 0.6 is 15.9 Å². The van der Waals surface area contributed by atoms with Gasteiger partial charge in [0.15, 0.2) is 0 Å². The van der Waals surface area contributed by atoms with Crippen LogP contribution in [-0.4, -0.2) is 5.33 Å². The molecule has 0 amide bonds. The van der Waals surface area contributed by atoms with E-state index in [0.29, 0.717) is 6.61 Å². The number of benzene rings is 2. The van der Waals surface area contributed by atoms with Gasteiger partial charge in [-0.15, -0.1) is 0 Å². The molecule has 0 saturated carbocycles. The number of hydrogen-bond acceptors (Lipinski definition) is 1. The van der Waals surface area contributed by atoms with Crippen molar-refractivity contribution in [1.82, 2.24) is 0 Å². The first-order chi connectivity index (χ1) is 8.88. The van der Waals surface area contributed by atoms with Crippen molar-refractivity contribution in [2.45, 2.75) is 19.4 Å². The number of ether oxygens (including phenoxy) is 1. The highest BCUT2D eigenvalue weighted by Crippen LogP contribution is 2.16. The molecule has 2 rings (SSSR count). The summed E-state index contributed by atoms with van der Waals surface area (Å²) in [6.45, 7) is 0.628. The lowest BCUT2D eigenvalue weighted by atomic mass is 10.1. The number of alkyl halides is 1. The maximum atomic E-state index is 5.80. The quantitative estimate of drug-likeness (QED) is 0.709. The molecule has 18 heavy (non-hydrogen) atoms. The minimum absolute atomic E-state index is 0.628. The van der Waals surface area contributed by atoms with E-state index < -0.39 is 0 Å². The molecule has 0 aliphatic rings. The van der Waals surface area contributed by atoms with E-state index in [9.17, 15) is 0 Å². The Labute approximate surface area is 117 Å². The zero-order valence-corrected chi connectivity index (χ0v) is 11.9. The molecule has 1 nitrogen and oxygen atoms in total. The smallest absolute Gasteiger partial charge is 0.120 e. The van der Waals surface area contributed by atoms with Gasteiger partial charge < -0.3 is 4.74 Å². The van der Waals surface area contributed by atoms with Gasteiger partial charge in [-0.1, -0.05) is 58.4 Å². The minimum atomic E-state index is 0.628. The van der Waals surface area contributed by atoms with Crippen LogP contribution in [0.5, 0.6) is 5.75 Å². The van der Waals surface area contributed by atoms with Gasteiger partial charge in [0.2, 0.25) is 0 Å². The first-order valence-corrected chi connectivity index (χ1v) is 7.32. The fraction of sp³-hybridized carbons (Fsp3) is 0.250. The van der Waals surface area contributed by atoms with E-state index in [1.807, 2.05) is 24.3 Å². The highest BCUT2D eigenvalue weighted by molar-refractivity contribution is 9.09. The van der Waals surface area contributed by atoms with Crippen molar-refractivity contribution in [3.05, 3.63) is 65.7 Å². The third kappa shape index (κ3) is 4.19. The molecular formula is C16H17BrO. The summed E-state index contributed by atoms with van der Waals surface area (Å²) >= 11 is 3.46. The predicted octanol–water partition coefficient (Wildman–Crippen LogP) is 4.59. The third-order valence-corrected chi connectivity index (χ3v) is 3.31. The van der Waals surface area contributed by atoms with Crippen molar-refractivity contribution in [1.29, 1.82) is 0 Å². The normalized spacial score (nSPS) is 10.3. The second-order valence-electron chi connectivity index (χ2n) is 4.21. The summed E-state index contributed by atoms with van der Waals surface area (Å²) in [5.74, 6) is 0.950. The molecule has 94 valence electrons. The van der Waals surface area contributed by atoms with E-state index in [4.69, 9.17) is 4.74 Å². The Kier molecular flexibility index (Phi) is 5.28. The van der Waals surface area contributed by atoms with E-state index in [-0.39, 0.29) is 0 Å². The Bertz CT molecular complexity index is 468. The lowest BCUT2D eigenvalue weighted by Crippen LogP contribution is -1.95. The Morgan fingerprint density at radius 1 is 0.889 bits per heavy atom. The summed E-state index contributed by atoms with van der Waals surface area (Å²) in [7, 11) is 0. The maximum Gasteiger partial charge on any atom is 0.120 e. The first-order valence-electron chi connectivity index (χ1n) is 6.20. The van der Waals surface area contributed by atoms with Crippen molar-refractivity contribution in [2.75, 3.05) is 5.33 Å². The summed E-state index contributed by atoms with van der Waals surface area (Å²) in [5, 5.41) is 1.04. The van der Waals surface area contributed by atoms with Gasteiger partial charge in [-0.2, -0.15) is 0 Å². The monoisotopic (exact) mass is 304 g/mol. The fourth-order valence-corrected chi connectivity index (χ4v) is 2.08. The molecule has 2 aromatic rings. The third-order valence-electron chi connectivity index (χ3n) is 2.75. The van der Waals surface area contributed by atoms with Crippen molar-refractivity contribution in [2.24, 2.45) is 0 Å². The van der Waals surface area contributed by atoms with Crippen molar-refractivity contribution in [3.8, 4) is 5.75 Å². The molecule has 0 fully saturated rings. The molecule has 2 heteroatoms. The molecule has 2 aromatic carbocycles. The van der Waals surface area contributed by atoms with E-state index in [0.717, 1.165) is 23.9 Å². The van der Waals surface area contributed by atoms with E-state index >= 15 is 0 Å². The molecule has 0 radical (unpaired) electrons. The summed E-state index contributed by atoms with van der Waals surface area (Å²) in [5.41, 5.74) is 2.53. The summed E-state index contributed by atoms with van der Waals surface area (Å²) in [6, 6.07) is 18.6. The van der Waals surface area contributed by atoms with Crippen LogP contribution in [0.2, 0.25) is 0 Å². The largest absolute Gasteiger partial charge is 0.489 e. The number of rotatable bonds is 6. The highest BCUT2D eigenvalue weighted by atomic mass is 79.9. The van der Waals surface area contributed by atoms with E-state index in [2.05, 4.69) is 46.3 Å². The van der Waals surface area contributed by atoms with Crippen LogP contribution in [0.1, 0.15) is 17.5 Å². The van der Waals surface area contributed by atoms with Crippen LogP contribution in [0, 0.1) is 0 Å². The molecule has 0 unspecified atom stereocenters. The van der Waals surface area contributed by atoms with Gasteiger partial charge in [0.25, 0.3) is 0 Å². The van der Waals surface area contributed by atoms with Crippen LogP contribution in [0.25, 0.3) is 0 Å². The van der Waals surface area contributed by atoms with Gasteiger partial charge in [-0.25, -0.2) is 0 Å². The molecule has 0 aliphatic carbocycles. The van der Waals surface area contributed by atoms with Crippen molar-refractivity contribution in [3.63, 3.8) is 0 Å². The van der Waals surface area contributed by atoms with Gasteiger partial charge >= 0.3 is 0 Å². The maximum absolute atomic E-state index is 5.80. The molecule has 0 N–H and O–H groups in total. The first kappa shape index (κ1) is 13.2. The summed E-state index contributed by atoms with van der Waals surface area (Å²) < 4.78 is 5.80. The van der Waals surface area contributed by atoms with Gasteiger partial charge in [0, 0.05) is 5.33 Å². The second-order valence-corrected chi connectivity index (χ2v) is 5.01. The molecule has 0 aliphatic heterocycles. The Hall–Kier alpha value is -1.28. The van der Waals surface area contributed by atoms with Crippen LogP contribution in [-0.2, 0) is 13.0 Å². The van der Waals surface area contributed by atoms with Crippen molar-refractivity contribution < 1.29 is 4.74 Å². The predicted molar refractivity (Wildman–Crippen MR) is 79.3 cm³/mol. The van der Waals surface area contributed by atoms with Crippen LogP contribution < -0.4 is 4.74 Å². The minimum Gasteiger partial charge on any atom is -0.489 e. The Morgan fingerprint density at radius 3 is 2.44 bits per heavy atom. The number of hydrogen-bond donors (Lipinski definition) is 0. The Morgan fingerprint density at radius 2 is 1.67 bits per heavy atom. The van der Waals surface area contributed by atoms with E-state index in [1.165, 1.54) is 11.1 Å². The molecule has 0 aromatic heterocycles. The number of halogens is 1. The summed E-state index contributed by atoms with van der Waals surface area (Å²) in [4.78, 5) is 0. The molecular weight excluding hydrogens is 288 g/mol. The average molecular weight is 305 g/mol. The molecule has 0 saturated heterocycles. The van der Waals surface area contributed by atoms with Gasteiger partial charge in [0.1, 0.15) is 12.4 Å². The molecule has 0 spiro atoms. The average Bonchev–Trinajstić information content (AvgIpc) is 2.44. The SMILES string of the molecule is BrCCCc1cccc(OCc2ccccc2)c1.